The lowest BCUT2D eigenvalue weighted by Gasteiger charge is -2.19. The van der Waals surface area contributed by atoms with Crippen molar-refractivity contribution in [1.82, 2.24) is 9.97 Å². The first-order valence-electron chi connectivity index (χ1n) is 7.35. The zero-order chi connectivity index (χ0) is 17.2. The molecule has 0 radical (unpaired) electrons. The van der Waals surface area contributed by atoms with E-state index < -0.39 is 0 Å². The Morgan fingerprint density at radius 3 is 2.39 bits per heavy atom. The molecule has 0 bridgehead atoms. The van der Waals surface area contributed by atoms with Crippen LogP contribution in [-0.2, 0) is 5.41 Å². The molecule has 122 valence electrons. The van der Waals surface area contributed by atoms with Crippen LogP contribution in [0.1, 0.15) is 43.6 Å². The molecule has 0 aliphatic heterocycles. The summed E-state index contributed by atoms with van der Waals surface area (Å²) in [5.74, 6) is 0.131. The van der Waals surface area contributed by atoms with Crippen molar-refractivity contribution in [2.75, 3.05) is 5.73 Å². The van der Waals surface area contributed by atoms with Gasteiger partial charge in [-0.15, -0.1) is 0 Å². The highest BCUT2D eigenvalue weighted by Crippen LogP contribution is 2.25. The number of hydrogen-bond donors (Lipinski definition) is 2. The number of aromatic amines is 1. The van der Waals surface area contributed by atoms with Gasteiger partial charge in [-0.05, 0) is 17.9 Å². The van der Waals surface area contributed by atoms with Gasteiger partial charge in [0.15, 0.2) is 10.9 Å². The Balaban J connectivity index is 2.14. The van der Waals surface area contributed by atoms with E-state index in [1.165, 1.54) is 23.4 Å². The van der Waals surface area contributed by atoms with Gasteiger partial charge in [0.2, 0.25) is 0 Å². The lowest BCUT2D eigenvalue weighted by Crippen LogP contribution is -2.17. The topological polar surface area (TPSA) is 88.8 Å². The first-order valence-corrected chi connectivity index (χ1v) is 8.23. The van der Waals surface area contributed by atoms with Crippen molar-refractivity contribution in [3.8, 4) is 0 Å². The minimum absolute atomic E-state index is 0.0134. The van der Waals surface area contributed by atoms with E-state index >= 15 is 0 Å². The molecule has 23 heavy (non-hydrogen) atoms. The maximum atomic E-state index is 12.5. The number of hydrogen-bond acceptors (Lipinski definition) is 5. The van der Waals surface area contributed by atoms with Gasteiger partial charge < -0.3 is 10.7 Å². The Bertz CT molecular complexity index is 761. The second-order valence-corrected chi connectivity index (χ2v) is 7.76. The lowest BCUT2D eigenvalue weighted by molar-refractivity contribution is 0.0994. The molecular weight excluding hydrogens is 310 g/mol. The molecule has 1 atom stereocenters. The van der Waals surface area contributed by atoms with Crippen molar-refractivity contribution in [2.45, 2.75) is 43.5 Å². The molecule has 0 aliphatic rings. The molecule has 0 amide bonds. The van der Waals surface area contributed by atoms with Gasteiger partial charge in [0.05, 0.1) is 5.25 Å². The van der Waals surface area contributed by atoms with Gasteiger partial charge in [0, 0.05) is 11.6 Å². The molecule has 0 aliphatic carbocycles. The third-order valence-corrected chi connectivity index (χ3v) is 4.42. The van der Waals surface area contributed by atoms with E-state index in [2.05, 4.69) is 30.7 Å². The average molecular weight is 331 g/mol. The first-order chi connectivity index (χ1) is 10.7. The second kappa shape index (κ2) is 6.58. The van der Waals surface area contributed by atoms with E-state index in [0.717, 1.165) is 0 Å². The largest absolute Gasteiger partial charge is 0.383 e. The highest BCUT2D eigenvalue weighted by atomic mass is 32.2. The fourth-order valence-electron chi connectivity index (χ4n) is 2.10. The molecule has 1 unspecified atom stereocenters. The predicted octanol–water partition coefficient (Wildman–Crippen LogP) is 3.01. The molecule has 1 aromatic heterocycles. The van der Waals surface area contributed by atoms with Gasteiger partial charge in [0.25, 0.3) is 5.56 Å². The number of H-pyrrole nitrogens is 1. The summed E-state index contributed by atoms with van der Waals surface area (Å²) in [4.78, 5) is 30.5. The van der Waals surface area contributed by atoms with Gasteiger partial charge in [-0.3, -0.25) is 9.59 Å². The van der Waals surface area contributed by atoms with E-state index in [-0.39, 0.29) is 27.8 Å². The summed E-state index contributed by atoms with van der Waals surface area (Å²) in [6.45, 7) is 8.17. The summed E-state index contributed by atoms with van der Waals surface area (Å²) < 4.78 is 0. The van der Waals surface area contributed by atoms with E-state index in [4.69, 9.17) is 5.73 Å². The molecule has 0 saturated heterocycles. The first kappa shape index (κ1) is 17.3. The number of nitrogens with zero attached hydrogens (tertiary/aromatic N) is 1. The number of aromatic nitrogens is 2. The maximum Gasteiger partial charge on any atom is 0.253 e. The number of nitrogens with two attached hydrogens (primary N) is 1. The number of nitrogen functional groups attached to an aromatic ring is 1. The molecule has 2 rings (SSSR count). The number of ketones is 1. The van der Waals surface area contributed by atoms with E-state index in [9.17, 15) is 9.59 Å². The highest BCUT2D eigenvalue weighted by Gasteiger charge is 2.19. The molecule has 3 N–H and O–H groups in total. The molecule has 6 heteroatoms. The van der Waals surface area contributed by atoms with E-state index in [1.807, 2.05) is 24.3 Å². The number of thioether (sulfide) groups is 1. The van der Waals surface area contributed by atoms with Gasteiger partial charge in [-0.1, -0.05) is 56.8 Å². The number of anilines is 1. The zero-order valence-corrected chi connectivity index (χ0v) is 14.5. The fourth-order valence-corrected chi connectivity index (χ4v) is 2.99. The predicted molar refractivity (Wildman–Crippen MR) is 94.1 cm³/mol. The Hall–Kier alpha value is -2.08. The van der Waals surface area contributed by atoms with Gasteiger partial charge >= 0.3 is 0 Å². The van der Waals surface area contributed by atoms with Crippen LogP contribution >= 0.6 is 11.8 Å². The molecule has 0 fully saturated rings. The standard InChI is InChI=1S/C17H21N3O2S/c1-10(23-16-19-13(18)9-14(21)20-16)15(22)11-5-7-12(8-6-11)17(2,3)4/h5-10H,1-4H3,(H3,18,19,20,21). The summed E-state index contributed by atoms with van der Waals surface area (Å²) >= 11 is 1.19. The van der Waals surface area contributed by atoms with Crippen LogP contribution < -0.4 is 11.3 Å². The molecule has 1 heterocycles. The fraction of sp³-hybridized carbons (Fsp3) is 0.353. The van der Waals surface area contributed by atoms with Crippen LogP contribution in [0.3, 0.4) is 0 Å². The minimum Gasteiger partial charge on any atom is -0.383 e. The Kier molecular flexibility index (Phi) is 4.94. The summed E-state index contributed by atoms with van der Waals surface area (Å²) in [7, 11) is 0. The van der Waals surface area contributed by atoms with Gasteiger partial charge in [-0.25, -0.2) is 4.98 Å². The van der Waals surface area contributed by atoms with Crippen molar-refractivity contribution in [1.29, 1.82) is 0 Å². The quantitative estimate of drug-likeness (QED) is 0.511. The molecule has 2 aromatic rings. The highest BCUT2D eigenvalue weighted by molar-refractivity contribution is 8.00. The molecular formula is C17H21N3O2S. The third kappa shape index (κ3) is 4.45. The van der Waals surface area contributed by atoms with Crippen LogP contribution in [0.2, 0.25) is 0 Å². The van der Waals surface area contributed by atoms with Crippen LogP contribution in [0.25, 0.3) is 0 Å². The zero-order valence-electron chi connectivity index (χ0n) is 13.7. The Labute approximate surface area is 139 Å². The number of benzene rings is 1. The van der Waals surface area contributed by atoms with Crippen molar-refractivity contribution in [2.24, 2.45) is 0 Å². The van der Waals surface area contributed by atoms with Crippen molar-refractivity contribution >= 4 is 23.4 Å². The number of carbonyl (C=O) groups excluding carboxylic acids is 1. The van der Waals surface area contributed by atoms with Gasteiger partial charge in [0.1, 0.15) is 5.82 Å². The molecule has 0 spiro atoms. The SMILES string of the molecule is CC(Sc1nc(N)cc(=O)[nH]1)C(=O)c1ccc(C(C)(C)C)cc1. The summed E-state index contributed by atoms with van der Waals surface area (Å²) in [5.41, 5.74) is 7.09. The minimum atomic E-state index is -0.375. The summed E-state index contributed by atoms with van der Waals surface area (Å²) in [6.07, 6.45) is 0. The smallest absolute Gasteiger partial charge is 0.253 e. The van der Waals surface area contributed by atoms with Crippen molar-refractivity contribution in [3.05, 3.63) is 51.8 Å². The van der Waals surface area contributed by atoms with Crippen LogP contribution in [0, 0.1) is 0 Å². The normalized spacial score (nSPS) is 12.9. The van der Waals surface area contributed by atoms with Crippen molar-refractivity contribution < 1.29 is 4.79 Å². The lowest BCUT2D eigenvalue weighted by atomic mass is 9.86. The second-order valence-electron chi connectivity index (χ2n) is 6.43. The monoisotopic (exact) mass is 331 g/mol. The van der Waals surface area contributed by atoms with Crippen LogP contribution in [0.5, 0.6) is 0 Å². The molecule has 0 saturated carbocycles. The Morgan fingerprint density at radius 2 is 1.87 bits per heavy atom. The van der Waals surface area contributed by atoms with E-state index in [0.29, 0.717) is 10.7 Å². The number of carbonyl (C=O) groups is 1. The van der Waals surface area contributed by atoms with Crippen LogP contribution in [0.4, 0.5) is 5.82 Å². The Morgan fingerprint density at radius 1 is 1.26 bits per heavy atom. The summed E-state index contributed by atoms with van der Waals surface area (Å²) in [6, 6.07) is 8.85. The number of Topliss-reactive ketones (excluding diaryl/α,β-unsaturated/α-hetero) is 1. The van der Waals surface area contributed by atoms with Crippen LogP contribution in [0.15, 0.2) is 40.3 Å². The molecule has 1 aromatic carbocycles. The van der Waals surface area contributed by atoms with Crippen molar-refractivity contribution in [3.63, 3.8) is 0 Å². The van der Waals surface area contributed by atoms with E-state index in [1.54, 1.807) is 6.92 Å². The third-order valence-electron chi connectivity index (χ3n) is 3.43. The number of nitrogens with one attached hydrogen (secondary N) is 1. The van der Waals surface area contributed by atoms with Gasteiger partial charge in [-0.2, -0.15) is 0 Å². The summed E-state index contributed by atoms with van der Waals surface area (Å²) in [5, 5.41) is -0.0254. The molecule has 5 nitrogen and oxygen atoms in total. The maximum absolute atomic E-state index is 12.5. The van der Waals surface area contributed by atoms with Crippen LogP contribution in [-0.4, -0.2) is 21.0 Å². The number of rotatable bonds is 4. The average Bonchev–Trinajstić information content (AvgIpc) is 2.44.